The maximum atomic E-state index is 12.5. The highest BCUT2D eigenvalue weighted by atomic mass is 16.5. The van der Waals surface area contributed by atoms with Crippen molar-refractivity contribution in [3.05, 3.63) is 47.3 Å². The van der Waals surface area contributed by atoms with E-state index < -0.39 is 5.97 Å². The van der Waals surface area contributed by atoms with E-state index in [1.165, 1.54) is 19.3 Å². The predicted octanol–water partition coefficient (Wildman–Crippen LogP) is 3.73. The van der Waals surface area contributed by atoms with Gasteiger partial charge in [0.05, 0.1) is 16.9 Å². The molecule has 158 valence electrons. The van der Waals surface area contributed by atoms with Crippen LogP contribution in [0.4, 0.5) is 0 Å². The second kappa shape index (κ2) is 7.25. The predicted molar refractivity (Wildman–Crippen MR) is 112 cm³/mol. The summed E-state index contributed by atoms with van der Waals surface area (Å²) in [6, 6.07) is 9.11. The quantitative estimate of drug-likeness (QED) is 0.767. The van der Waals surface area contributed by atoms with Crippen molar-refractivity contribution < 1.29 is 14.3 Å². The molecule has 4 saturated carbocycles. The minimum atomic E-state index is -0.476. The van der Waals surface area contributed by atoms with Gasteiger partial charge in [0.2, 0.25) is 0 Å². The second-order valence-corrected chi connectivity index (χ2v) is 9.71. The van der Waals surface area contributed by atoms with E-state index in [0.29, 0.717) is 5.56 Å². The van der Waals surface area contributed by atoms with E-state index in [-0.39, 0.29) is 18.1 Å². The zero-order valence-electron chi connectivity index (χ0n) is 17.7. The number of carbonyl (C=O) groups is 2. The number of aromatic nitrogens is 2. The lowest BCUT2D eigenvalue weighted by Crippen LogP contribution is -2.60. The van der Waals surface area contributed by atoms with Crippen LogP contribution in [0.3, 0.4) is 0 Å². The Labute approximate surface area is 177 Å². The van der Waals surface area contributed by atoms with Gasteiger partial charge in [-0.3, -0.25) is 4.79 Å². The van der Waals surface area contributed by atoms with Crippen molar-refractivity contribution in [2.24, 2.45) is 17.8 Å². The summed E-state index contributed by atoms with van der Waals surface area (Å²) in [7, 11) is 0. The van der Waals surface area contributed by atoms with Crippen LogP contribution in [0, 0.1) is 31.6 Å². The summed E-state index contributed by atoms with van der Waals surface area (Å²) in [6.45, 7) is 3.72. The van der Waals surface area contributed by atoms with Crippen LogP contribution in [0.1, 0.15) is 60.3 Å². The fourth-order valence-corrected chi connectivity index (χ4v) is 6.44. The molecule has 1 heterocycles. The third-order valence-electron chi connectivity index (χ3n) is 7.13. The summed E-state index contributed by atoms with van der Waals surface area (Å²) in [5, 5.41) is 7.69. The van der Waals surface area contributed by atoms with Crippen molar-refractivity contribution >= 4 is 11.9 Å². The van der Waals surface area contributed by atoms with Gasteiger partial charge in [0.25, 0.3) is 5.91 Å². The SMILES string of the molecule is Cc1cc(C)n(-c2ccc(C(=O)OCC(=O)NC34CC5CC(CC(C5)C3)C4)cc2)n1. The summed E-state index contributed by atoms with van der Waals surface area (Å²) in [4.78, 5) is 24.9. The van der Waals surface area contributed by atoms with Gasteiger partial charge in [0.1, 0.15) is 0 Å². The molecule has 0 atom stereocenters. The number of amides is 1. The monoisotopic (exact) mass is 407 g/mol. The molecule has 0 spiro atoms. The molecule has 4 aliphatic rings. The fourth-order valence-electron chi connectivity index (χ4n) is 6.44. The Balaban J connectivity index is 1.17. The molecule has 1 aromatic heterocycles. The Kier molecular flexibility index (Phi) is 4.68. The lowest BCUT2D eigenvalue weighted by atomic mass is 9.53. The number of hydrogen-bond donors (Lipinski definition) is 1. The molecule has 4 bridgehead atoms. The summed E-state index contributed by atoms with van der Waals surface area (Å²) < 4.78 is 7.14. The average Bonchev–Trinajstić information content (AvgIpc) is 3.03. The largest absolute Gasteiger partial charge is 0.452 e. The van der Waals surface area contributed by atoms with Gasteiger partial charge in [-0.25, -0.2) is 9.48 Å². The minimum Gasteiger partial charge on any atom is -0.452 e. The number of rotatable bonds is 5. The van der Waals surface area contributed by atoms with E-state index in [4.69, 9.17) is 4.74 Å². The van der Waals surface area contributed by atoms with Crippen molar-refractivity contribution in [3.8, 4) is 5.69 Å². The highest BCUT2D eigenvalue weighted by molar-refractivity contribution is 5.91. The molecule has 1 aromatic carbocycles. The molecule has 2 aromatic rings. The van der Waals surface area contributed by atoms with E-state index >= 15 is 0 Å². The second-order valence-electron chi connectivity index (χ2n) is 9.71. The third-order valence-corrected chi connectivity index (χ3v) is 7.13. The average molecular weight is 408 g/mol. The maximum absolute atomic E-state index is 12.5. The van der Waals surface area contributed by atoms with Gasteiger partial charge in [-0.1, -0.05) is 0 Å². The summed E-state index contributed by atoms with van der Waals surface area (Å²) in [5.74, 6) is 1.64. The zero-order valence-corrected chi connectivity index (χ0v) is 17.7. The number of nitrogens with one attached hydrogen (secondary N) is 1. The normalized spacial score (nSPS) is 29.1. The number of ether oxygens (including phenoxy) is 1. The van der Waals surface area contributed by atoms with Crippen LogP contribution in [0.25, 0.3) is 5.69 Å². The molecule has 4 aliphatic carbocycles. The van der Waals surface area contributed by atoms with Crippen molar-refractivity contribution in [3.63, 3.8) is 0 Å². The Morgan fingerprint density at radius 1 is 1.07 bits per heavy atom. The van der Waals surface area contributed by atoms with Gasteiger partial charge in [0.15, 0.2) is 6.61 Å². The Morgan fingerprint density at radius 3 is 2.20 bits per heavy atom. The highest BCUT2D eigenvalue weighted by Crippen LogP contribution is 2.55. The van der Waals surface area contributed by atoms with Crippen LogP contribution in [-0.4, -0.2) is 33.8 Å². The molecule has 0 saturated heterocycles. The molecule has 1 amide bonds. The molecule has 30 heavy (non-hydrogen) atoms. The zero-order chi connectivity index (χ0) is 20.9. The van der Waals surface area contributed by atoms with Gasteiger partial charge >= 0.3 is 5.97 Å². The summed E-state index contributed by atoms with van der Waals surface area (Å²) in [5.41, 5.74) is 3.24. The van der Waals surface area contributed by atoms with Gasteiger partial charge in [-0.15, -0.1) is 0 Å². The third kappa shape index (κ3) is 3.64. The van der Waals surface area contributed by atoms with Crippen molar-refractivity contribution in [1.29, 1.82) is 0 Å². The van der Waals surface area contributed by atoms with Crippen LogP contribution in [0.2, 0.25) is 0 Å². The van der Waals surface area contributed by atoms with E-state index in [9.17, 15) is 9.59 Å². The Morgan fingerprint density at radius 2 is 1.67 bits per heavy atom. The van der Waals surface area contributed by atoms with Gasteiger partial charge in [-0.2, -0.15) is 5.10 Å². The van der Waals surface area contributed by atoms with Crippen LogP contribution in [0.5, 0.6) is 0 Å². The first-order valence-electron chi connectivity index (χ1n) is 11.0. The first-order chi connectivity index (χ1) is 14.4. The summed E-state index contributed by atoms with van der Waals surface area (Å²) >= 11 is 0. The Hall–Kier alpha value is -2.63. The van der Waals surface area contributed by atoms with Crippen molar-refractivity contribution in [1.82, 2.24) is 15.1 Å². The molecule has 0 radical (unpaired) electrons. The number of hydrogen-bond acceptors (Lipinski definition) is 4. The highest BCUT2D eigenvalue weighted by Gasteiger charge is 2.51. The van der Waals surface area contributed by atoms with Crippen molar-refractivity contribution in [2.75, 3.05) is 6.61 Å². The molecule has 0 aliphatic heterocycles. The first-order valence-corrected chi connectivity index (χ1v) is 11.0. The number of nitrogens with zero attached hydrogens (tertiary/aromatic N) is 2. The van der Waals surface area contributed by atoms with Crippen LogP contribution in [-0.2, 0) is 9.53 Å². The van der Waals surface area contributed by atoms with Crippen molar-refractivity contribution in [2.45, 2.75) is 57.9 Å². The lowest BCUT2D eigenvalue weighted by molar-refractivity contribution is -0.130. The lowest BCUT2D eigenvalue weighted by Gasteiger charge is -2.56. The van der Waals surface area contributed by atoms with Gasteiger partial charge < -0.3 is 10.1 Å². The standard InChI is InChI=1S/C24H29N3O3/c1-15-7-16(2)27(26-15)21-5-3-20(4-6-21)23(29)30-14-22(28)25-24-11-17-8-18(12-24)10-19(9-17)13-24/h3-7,17-19H,8-14H2,1-2H3,(H,25,28). The smallest absolute Gasteiger partial charge is 0.338 e. The van der Waals surface area contributed by atoms with E-state index in [0.717, 1.165) is 54.1 Å². The molecule has 6 heteroatoms. The fraction of sp³-hybridized carbons (Fsp3) is 0.542. The van der Waals surface area contributed by atoms with E-state index in [2.05, 4.69) is 10.4 Å². The van der Waals surface area contributed by atoms with Crippen LogP contribution < -0.4 is 5.32 Å². The molecular formula is C24H29N3O3. The first kappa shape index (κ1) is 19.3. The van der Waals surface area contributed by atoms with E-state index in [1.54, 1.807) is 12.1 Å². The number of benzene rings is 1. The molecule has 1 N–H and O–H groups in total. The Bertz CT molecular complexity index is 941. The van der Waals surface area contributed by atoms with Crippen LogP contribution in [0.15, 0.2) is 30.3 Å². The summed E-state index contributed by atoms with van der Waals surface area (Å²) in [6.07, 6.45) is 7.26. The number of carbonyl (C=O) groups excluding carboxylic acids is 2. The molecule has 0 unspecified atom stereocenters. The maximum Gasteiger partial charge on any atom is 0.338 e. The van der Waals surface area contributed by atoms with E-state index in [1.807, 2.05) is 36.7 Å². The van der Waals surface area contributed by atoms with Gasteiger partial charge in [0, 0.05) is 11.2 Å². The molecule has 4 fully saturated rings. The van der Waals surface area contributed by atoms with Gasteiger partial charge in [-0.05, 0) is 100 Å². The number of aryl methyl sites for hydroxylation is 2. The topological polar surface area (TPSA) is 73.2 Å². The molecular weight excluding hydrogens is 378 g/mol. The van der Waals surface area contributed by atoms with Crippen LogP contribution >= 0.6 is 0 Å². The molecule has 6 nitrogen and oxygen atoms in total. The minimum absolute atomic E-state index is 0.0559. The molecule has 6 rings (SSSR count). The number of esters is 1.